The lowest BCUT2D eigenvalue weighted by atomic mass is 10.1. The maximum Gasteiger partial charge on any atom is 0.206 e. The highest BCUT2D eigenvalue weighted by molar-refractivity contribution is 7.07. The Kier molecular flexibility index (Phi) is 6.24. The van der Waals surface area contributed by atoms with E-state index in [1.54, 1.807) is 36.2 Å². The summed E-state index contributed by atoms with van der Waals surface area (Å²) in [5, 5.41) is 6.62. The average molecular weight is 434 g/mol. The van der Waals surface area contributed by atoms with Gasteiger partial charge in [0.15, 0.2) is 0 Å². The van der Waals surface area contributed by atoms with E-state index in [0.717, 1.165) is 27.4 Å². The molecule has 0 fully saturated rings. The molecular weight excluding hydrogens is 413 g/mol. The number of benzene rings is 2. The molecule has 0 bridgehead atoms. The summed E-state index contributed by atoms with van der Waals surface area (Å²) in [5.41, 5.74) is 2.55. The van der Waals surface area contributed by atoms with Crippen molar-refractivity contribution < 1.29 is 13.5 Å². The van der Waals surface area contributed by atoms with Crippen molar-refractivity contribution >= 4 is 17.6 Å². The first-order valence-electron chi connectivity index (χ1n) is 9.55. The fraction of sp³-hybridized carbons (Fsp3) is 0.0833. The third-order valence-corrected chi connectivity index (χ3v) is 5.33. The summed E-state index contributed by atoms with van der Waals surface area (Å²) in [7, 11) is 1.64. The second-order valence-corrected chi connectivity index (χ2v) is 7.33. The molecule has 5 nitrogen and oxygen atoms in total. The van der Waals surface area contributed by atoms with Gasteiger partial charge in [0.25, 0.3) is 0 Å². The number of ether oxygens (including phenoxy) is 1. The van der Waals surface area contributed by atoms with Crippen LogP contribution < -0.4 is 9.54 Å². The van der Waals surface area contributed by atoms with Gasteiger partial charge in [-0.25, -0.2) is 9.07 Å². The van der Waals surface area contributed by atoms with Crippen molar-refractivity contribution in [3.05, 3.63) is 95.1 Å². The van der Waals surface area contributed by atoms with E-state index in [0.29, 0.717) is 18.1 Å². The van der Waals surface area contributed by atoms with Crippen molar-refractivity contribution in [2.75, 3.05) is 13.7 Å². The van der Waals surface area contributed by atoms with E-state index >= 15 is 0 Å². The van der Waals surface area contributed by atoms with Gasteiger partial charge >= 0.3 is 0 Å². The highest BCUT2D eigenvalue weighted by atomic mass is 32.1. The molecule has 7 heteroatoms. The Morgan fingerprint density at radius 2 is 1.94 bits per heavy atom. The van der Waals surface area contributed by atoms with Crippen molar-refractivity contribution in [2.24, 2.45) is 10.1 Å². The van der Waals surface area contributed by atoms with E-state index in [-0.39, 0.29) is 5.82 Å². The van der Waals surface area contributed by atoms with Crippen LogP contribution in [0.5, 0.6) is 5.75 Å². The molecule has 0 aliphatic rings. The van der Waals surface area contributed by atoms with E-state index < -0.39 is 0 Å². The number of hydrogen-bond donors (Lipinski definition) is 0. The first-order chi connectivity index (χ1) is 15.2. The topological polar surface area (TPSA) is 52.0 Å². The Labute approximate surface area is 183 Å². The monoisotopic (exact) mass is 433 g/mol. The van der Waals surface area contributed by atoms with Gasteiger partial charge in [0, 0.05) is 16.5 Å². The molecule has 0 saturated heterocycles. The second kappa shape index (κ2) is 9.40. The summed E-state index contributed by atoms with van der Waals surface area (Å²) in [6.45, 7) is 4.22. The van der Waals surface area contributed by atoms with Crippen LogP contribution in [0.25, 0.3) is 22.6 Å². The van der Waals surface area contributed by atoms with Gasteiger partial charge in [-0.2, -0.15) is 5.10 Å². The van der Waals surface area contributed by atoms with Crippen molar-refractivity contribution in [2.45, 2.75) is 0 Å². The van der Waals surface area contributed by atoms with Crippen LogP contribution in [0, 0.1) is 5.82 Å². The van der Waals surface area contributed by atoms with Gasteiger partial charge in [0.2, 0.25) is 4.80 Å². The zero-order valence-electron chi connectivity index (χ0n) is 16.9. The van der Waals surface area contributed by atoms with Crippen LogP contribution in [-0.2, 0) is 0 Å². The molecule has 4 aromatic rings. The van der Waals surface area contributed by atoms with E-state index in [9.17, 15) is 4.39 Å². The molecule has 0 N–H and O–H groups in total. The van der Waals surface area contributed by atoms with Crippen LogP contribution in [-0.4, -0.2) is 24.5 Å². The zero-order chi connectivity index (χ0) is 21.6. The molecule has 2 aromatic carbocycles. The minimum Gasteiger partial charge on any atom is -0.496 e. The highest BCUT2D eigenvalue weighted by Gasteiger charge is 2.12. The largest absolute Gasteiger partial charge is 0.496 e. The average Bonchev–Trinajstić information content (AvgIpc) is 3.43. The number of furan rings is 1. The first-order valence-corrected chi connectivity index (χ1v) is 10.4. The third kappa shape index (κ3) is 4.57. The summed E-state index contributed by atoms with van der Waals surface area (Å²) in [5.74, 6) is 1.67. The van der Waals surface area contributed by atoms with Crippen LogP contribution in [0.3, 0.4) is 0 Å². The molecule has 2 aromatic heterocycles. The minimum absolute atomic E-state index is 0.286. The number of methoxy groups -OCH3 is 1. The SMILES string of the molecule is C=CCN=c1scc(-c2ccccc2OC)n1N=Cc1ccc(-c2ccc(F)cc2)o1. The Morgan fingerprint density at radius 1 is 1.13 bits per heavy atom. The maximum atomic E-state index is 13.2. The number of rotatable bonds is 7. The predicted molar refractivity (Wildman–Crippen MR) is 122 cm³/mol. The number of aromatic nitrogens is 1. The Balaban J connectivity index is 1.72. The number of thiazole rings is 1. The summed E-state index contributed by atoms with van der Waals surface area (Å²) < 4.78 is 26.3. The van der Waals surface area contributed by atoms with Crippen LogP contribution in [0.4, 0.5) is 4.39 Å². The zero-order valence-corrected chi connectivity index (χ0v) is 17.7. The molecule has 2 heterocycles. The van der Waals surface area contributed by atoms with E-state index in [1.165, 1.54) is 23.5 Å². The van der Waals surface area contributed by atoms with E-state index in [1.807, 2.05) is 41.8 Å². The molecule has 156 valence electrons. The van der Waals surface area contributed by atoms with Gasteiger partial charge in [0.05, 0.1) is 25.6 Å². The minimum atomic E-state index is -0.286. The van der Waals surface area contributed by atoms with Crippen molar-refractivity contribution in [1.29, 1.82) is 0 Å². The molecule has 0 saturated carbocycles. The molecule has 31 heavy (non-hydrogen) atoms. The van der Waals surface area contributed by atoms with Crippen LogP contribution >= 0.6 is 11.3 Å². The Hall–Kier alpha value is -3.71. The molecular formula is C24H20FN3O2S. The molecule has 0 unspecified atom stereocenters. The highest BCUT2D eigenvalue weighted by Crippen LogP contribution is 2.30. The van der Waals surface area contributed by atoms with Crippen molar-refractivity contribution in [3.8, 4) is 28.3 Å². The third-order valence-electron chi connectivity index (χ3n) is 4.48. The molecule has 0 atom stereocenters. The summed E-state index contributed by atoms with van der Waals surface area (Å²) in [4.78, 5) is 5.27. The predicted octanol–water partition coefficient (Wildman–Crippen LogP) is 5.59. The summed E-state index contributed by atoms with van der Waals surface area (Å²) in [6, 6.07) is 17.6. The van der Waals surface area contributed by atoms with Crippen LogP contribution in [0.2, 0.25) is 0 Å². The van der Waals surface area contributed by atoms with E-state index in [2.05, 4.69) is 16.7 Å². The summed E-state index contributed by atoms with van der Waals surface area (Å²) in [6.07, 6.45) is 3.36. The second-order valence-electron chi connectivity index (χ2n) is 6.50. The normalized spacial score (nSPS) is 11.9. The quantitative estimate of drug-likeness (QED) is 0.282. The van der Waals surface area contributed by atoms with Crippen molar-refractivity contribution in [3.63, 3.8) is 0 Å². The fourth-order valence-electron chi connectivity index (χ4n) is 3.01. The Morgan fingerprint density at radius 3 is 2.71 bits per heavy atom. The number of para-hydroxylation sites is 1. The lowest BCUT2D eigenvalue weighted by Gasteiger charge is -2.08. The lowest BCUT2D eigenvalue weighted by molar-refractivity contribution is 0.416. The standard InChI is InChI=1S/C24H20FN3O2S/c1-3-14-26-24-28(21(16-31-24)20-6-4-5-7-23(20)29-2)27-15-19-12-13-22(30-19)17-8-10-18(25)11-9-17/h3-13,15-16H,1,14H2,2H3. The lowest BCUT2D eigenvalue weighted by Crippen LogP contribution is -2.12. The Bertz CT molecular complexity index is 1280. The first kappa shape index (κ1) is 20.6. The van der Waals surface area contributed by atoms with Crippen LogP contribution in [0.1, 0.15) is 5.76 Å². The van der Waals surface area contributed by atoms with Gasteiger partial charge in [0.1, 0.15) is 23.1 Å². The molecule has 4 rings (SSSR count). The molecule has 0 radical (unpaired) electrons. The van der Waals surface area contributed by atoms with Gasteiger partial charge in [-0.05, 0) is 48.5 Å². The van der Waals surface area contributed by atoms with Crippen molar-refractivity contribution in [1.82, 2.24) is 4.68 Å². The fourth-order valence-corrected chi connectivity index (χ4v) is 3.85. The number of nitrogens with zero attached hydrogens (tertiary/aromatic N) is 3. The van der Waals surface area contributed by atoms with Gasteiger partial charge in [-0.1, -0.05) is 18.2 Å². The molecule has 0 aliphatic heterocycles. The van der Waals surface area contributed by atoms with Gasteiger partial charge in [-0.3, -0.25) is 4.99 Å². The van der Waals surface area contributed by atoms with Crippen LogP contribution in [0.15, 0.2) is 93.2 Å². The van der Waals surface area contributed by atoms with Gasteiger partial charge in [-0.15, -0.1) is 17.9 Å². The summed E-state index contributed by atoms with van der Waals surface area (Å²) >= 11 is 1.48. The smallest absolute Gasteiger partial charge is 0.206 e. The number of hydrogen-bond acceptors (Lipinski definition) is 5. The maximum absolute atomic E-state index is 13.2. The number of halogens is 1. The molecule has 0 aliphatic carbocycles. The van der Waals surface area contributed by atoms with Gasteiger partial charge < -0.3 is 9.15 Å². The molecule has 0 amide bonds. The molecule has 0 spiro atoms. The van der Waals surface area contributed by atoms with E-state index in [4.69, 9.17) is 9.15 Å².